The van der Waals surface area contributed by atoms with E-state index in [1.165, 1.54) is 18.3 Å². The van der Waals surface area contributed by atoms with E-state index < -0.39 is 48.5 Å². The first kappa shape index (κ1) is 33.9. The highest BCUT2D eigenvalue weighted by atomic mass is 16.5. The van der Waals surface area contributed by atoms with Crippen LogP contribution in [0.4, 0.5) is 17.5 Å². The van der Waals surface area contributed by atoms with Crippen LogP contribution in [0.1, 0.15) is 28.9 Å². The number of carboxylic acid groups (broad SMARTS) is 3. The topological polar surface area (TPSA) is 345 Å². The van der Waals surface area contributed by atoms with Crippen molar-refractivity contribution in [3.05, 3.63) is 47.3 Å². The molecule has 3 aromatic rings. The number of fused-ring (bicyclic) bond motifs is 1. The van der Waals surface area contributed by atoms with E-state index >= 15 is 0 Å². The van der Waals surface area contributed by atoms with E-state index in [1.54, 1.807) is 12.1 Å². The van der Waals surface area contributed by atoms with Gasteiger partial charge in [-0.25, -0.2) is 19.6 Å². The summed E-state index contributed by atoms with van der Waals surface area (Å²) < 4.78 is 4.25. The lowest BCUT2D eigenvalue weighted by Crippen LogP contribution is -2.41. The minimum absolute atomic E-state index is 0.0101. The zero-order valence-electron chi connectivity index (χ0n) is 22.7. The first-order chi connectivity index (χ1) is 20.8. The molecule has 0 saturated heterocycles. The van der Waals surface area contributed by atoms with E-state index in [2.05, 4.69) is 40.1 Å². The first-order valence-corrected chi connectivity index (χ1v) is 12.3. The molecule has 2 heterocycles. The van der Waals surface area contributed by atoms with Gasteiger partial charge in [0.15, 0.2) is 17.0 Å². The molecule has 1 aromatic carbocycles. The predicted molar refractivity (Wildman–Crippen MR) is 150 cm³/mol. The number of benzene rings is 1. The van der Waals surface area contributed by atoms with Gasteiger partial charge in [-0.05, 0) is 30.7 Å². The molecule has 11 N–H and O–H groups in total. The monoisotopic (exact) mass is 613 g/mol. The molecule has 2 aromatic heterocycles. The Morgan fingerprint density at radius 2 is 1.70 bits per heavy atom. The van der Waals surface area contributed by atoms with Crippen LogP contribution in [0.3, 0.4) is 0 Å². The van der Waals surface area contributed by atoms with Crippen LogP contribution in [0.2, 0.25) is 0 Å². The van der Waals surface area contributed by atoms with Crippen LogP contribution in [0.25, 0.3) is 16.7 Å². The summed E-state index contributed by atoms with van der Waals surface area (Å²) in [6.45, 7) is -0.158. The maximum atomic E-state index is 12.3. The van der Waals surface area contributed by atoms with Gasteiger partial charge >= 0.3 is 30.1 Å². The van der Waals surface area contributed by atoms with Gasteiger partial charge in [0.25, 0.3) is 5.91 Å². The second-order valence-corrected chi connectivity index (χ2v) is 8.55. The Morgan fingerprint density at radius 3 is 2.30 bits per heavy atom. The summed E-state index contributed by atoms with van der Waals surface area (Å²) in [6, 6.07) is 3.72. The largest absolute Gasteiger partial charge is 0.481 e. The van der Waals surface area contributed by atoms with Gasteiger partial charge in [-0.1, -0.05) is 0 Å². The van der Waals surface area contributed by atoms with Crippen LogP contribution >= 0.6 is 0 Å². The van der Waals surface area contributed by atoms with Crippen LogP contribution in [0.15, 0.2) is 30.5 Å². The molecule has 20 nitrogen and oxygen atoms in total. The van der Waals surface area contributed by atoms with Crippen molar-refractivity contribution in [2.75, 3.05) is 23.4 Å². The molecule has 0 fully saturated rings. The molecule has 44 heavy (non-hydrogen) atoms. The summed E-state index contributed by atoms with van der Waals surface area (Å²) in [5, 5.41) is 31.5. The van der Waals surface area contributed by atoms with Gasteiger partial charge in [-0.15, -0.1) is 0 Å². The zero-order chi connectivity index (χ0) is 32.8. The second-order valence-electron chi connectivity index (χ2n) is 8.55. The highest BCUT2D eigenvalue weighted by molar-refractivity contribution is 6.20. The summed E-state index contributed by atoms with van der Waals surface area (Å²) >= 11 is 0. The highest BCUT2D eigenvalue weighted by Crippen LogP contribution is 2.16. The third kappa shape index (κ3) is 11.0. The number of hydrogen-bond donors (Lipinski definition) is 8. The van der Waals surface area contributed by atoms with E-state index in [4.69, 9.17) is 38.1 Å². The second kappa shape index (κ2) is 16.2. The standard InChI is InChI=1S/C19H20N8O5.C5H7N3O4/c20-15-14-16(27-19(21)26-15)23-8-11(24-14)7-22-10-3-1-9(2-4-10)17(30)25-12(18(31)32)5-6-13(28)29;6-3(5(10)11)2-12-4(9)1-8-7/h1-4,8,12,22H,5-7H2,(H,25,30)(H,28,29)(H,31,32)(H4,20,21,23,26,27);1,3H,2,6H2,(H,10,11)/t;3-/m.0/s1. The fraction of sp³-hybridized carbons (Fsp3) is 0.250. The zero-order valence-corrected chi connectivity index (χ0v) is 22.7. The third-order valence-electron chi connectivity index (χ3n) is 5.26. The number of nitrogens with one attached hydrogen (secondary N) is 2. The number of nitrogens with zero attached hydrogens (tertiary/aromatic N) is 6. The minimum atomic E-state index is -1.30. The Labute approximate surface area is 246 Å². The molecule has 20 heteroatoms. The summed E-state index contributed by atoms with van der Waals surface area (Å²) in [5.74, 6) is -5.15. The smallest absolute Gasteiger partial charge is 0.413 e. The third-order valence-corrected chi connectivity index (χ3v) is 5.26. The molecule has 0 spiro atoms. The highest BCUT2D eigenvalue weighted by Gasteiger charge is 2.21. The average molecular weight is 614 g/mol. The van der Waals surface area contributed by atoms with Crippen molar-refractivity contribution in [2.24, 2.45) is 5.73 Å². The molecular formula is C24H27N11O9. The molecule has 2 atom stereocenters. The number of ether oxygens (including phenoxy) is 1. The Balaban J connectivity index is 0.000000477. The number of aromatic nitrogens is 4. The number of amides is 1. The van der Waals surface area contributed by atoms with Gasteiger partial charge < -0.3 is 53.4 Å². The Hall–Kier alpha value is -6.27. The predicted octanol–water partition coefficient (Wildman–Crippen LogP) is -1.51. The molecule has 0 aliphatic heterocycles. The molecule has 1 unspecified atom stereocenters. The lowest BCUT2D eigenvalue weighted by Gasteiger charge is -2.14. The summed E-state index contributed by atoms with van der Waals surface area (Å²) in [4.78, 5) is 73.3. The maximum absolute atomic E-state index is 12.3. The van der Waals surface area contributed by atoms with Gasteiger partial charge in [0, 0.05) is 17.7 Å². The molecule has 232 valence electrons. The van der Waals surface area contributed by atoms with Crippen molar-refractivity contribution in [3.8, 4) is 0 Å². The Kier molecular flexibility index (Phi) is 12.5. The maximum Gasteiger partial charge on any atom is 0.413 e. The van der Waals surface area contributed by atoms with E-state index in [0.717, 1.165) is 0 Å². The molecule has 3 rings (SSSR count). The average Bonchev–Trinajstić information content (AvgIpc) is 2.97. The minimum Gasteiger partial charge on any atom is -0.481 e. The number of aliphatic carboxylic acids is 3. The van der Waals surface area contributed by atoms with Crippen LogP contribution in [-0.4, -0.2) is 94.7 Å². The molecule has 0 radical (unpaired) electrons. The van der Waals surface area contributed by atoms with Crippen molar-refractivity contribution in [3.63, 3.8) is 0 Å². The van der Waals surface area contributed by atoms with Crippen molar-refractivity contribution in [1.29, 1.82) is 0 Å². The van der Waals surface area contributed by atoms with Crippen molar-refractivity contribution in [2.45, 2.75) is 31.5 Å². The fourth-order valence-electron chi connectivity index (χ4n) is 3.09. The van der Waals surface area contributed by atoms with Gasteiger partial charge in [0.05, 0.1) is 18.4 Å². The number of rotatable bonds is 13. The molecular weight excluding hydrogens is 586 g/mol. The van der Waals surface area contributed by atoms with Gasteiger partial charge in [0.1, 0.15) is 18.7 Å². The summed E-state index contributed by atoms with van der Waals surface area (Å²) in [5.41, 5.74) is 26.2. The normalized spacial score (nSPS) is 11.5. The number of nitrogens with two attached hydrogens (primary N) is 3. The number of carboxylic acids is 3. The van der Waals surface area contributed by atoms with E-state index in [9.17, 15) is 24.0 Å². The van der Waals surface area contributed by atoms with Crippen LogP contribution in [0.5, 0.6) is 0 Å². The van der Waals surface area contributed by atoms with E-state index in [0.29, 0.717) is 29.7 Å². The quantitative estimate of drug-likeness (QED) is 0.0469. The number of carbonyl (C=O) groups is 5. The number of esters is 1. The Morgan fingerprint density at radius 1 is 1.02 bits per heavy atom. The SMILES string of the molecule is Nc1nc(N)c2nc(CNc3ccc(C(=O)NC(CCC(=O)O)C(=O)O)cc3)cnc2n1.[N-]=[N+]=CC(=O)OC[C@H](N)C(=O)O. The van der Waals surface area contributed by atoms with Gasteiger partial charge in [0.2, 0.25) is 5.95 Å². The van der Waals surface area contributed by atoms with Crippen molar-refractivity contribution < 1.29 is 48.8 Å². The first-order valence-electron chi connectivity index (χ1n) is 12.3. The van der Waals surface area contributed by atoms with Crippen molar-refractivity contribution >= 4 is 64.6 Å². The molecule has 0 bridgehead atoms. The number of anilines is 3. The fourth-order valence-corrected chi connectivity index (χ4v) is 3.09. The summed E-state index contributed by atoms with van der Waals surface area (Å²) in [6.07, 6.45) is 1.43. The van der Waals surface area contributed by atoms with Gasteiger partial charge in [-0.3, -0.25) is 14.4 Å². The molecule has 0 aliphatic carbocycles. The van der Waals surface area contributed by atoms with E-state index in [-0.39, 0.29) is 35.8 Å². The van der Waals surface area contributed by atoms with Crippen LogP contribution < -0.4 is 27.8 Å². The molecule has 0 saturated carbocycles. The molecule has 0 aliphatic rings. The Bertz CT molecular complexity index is 1580. The van der Waals surface area contributed by atoms with Gasteiger partial charge in [-0.2, -0.15) is 14.8 Å². The molecule has 1 amide bonds. The van der Waals surface area contributed by atoms with E-state index in [1.807, 2.05) is 0 Å². The summed E-state index contributed by atoms with van der Waals surface area (Å²) in [7, 11) is 0. The lowest BCUT2D eigenvalue weighted by molar-refractivity contribution is -0.145. The van der Waals surface area contributed by atoms with Crippen LogP contribution in [-0.2, 0) is 30.5 Å². The number of nitrogen functional groups attached to an aromatic ring is 2. The number of carbonyl (C=O) groups excluding carboxylic acids is 2. The number of hydrogen-bond acceptors (Lipinski definition) is 14. The van der Waals surface area contributed by atoms with Crippen molar-refractivity contribution in [1.82, 2.24) is 25.3 Å². The lowest BCUT2D eigenvalue weighted by atomic mass is 10.1. The van der Waals surface area contributed by atoms with Crippen LogP contribution in [0, 0.1) is 0 Å².